The molecule has 1 heterocycles. The van der Waals surface area contributed by atoms with Crippen LogP contribution in [0.25, 0.3) is 0 Å². The predicted molar refractivity (Wildman–Crippen MR) is 72.7 cm³/mol. The molecule has 0 aliphatic carbocycles. The number of rotatable bonds is 2. The smallest absolute Gasteiger partial charge is 0.404 e. The highest BCUT2D eigenvalue weighted by atomic mass is 16.7. The van der Waals surface area contributed by atoms with Crippen molar-refractivity contribution in [1.82, 2.24) is 0 Å². The van der Waals surface area contributed by atoms with Crippen LogP contribution in [0, 0.1) is 0 Å². The van der Waals surface area contributed by atoms with Crippen LogP contribution >= 0.6 is 0 Å². The van der Waals surface area contributed by atoms with Gasteiger partial charge in [0.05, 0.1) is 12.2 Å². The van der Waals surface area contributed by atoms with Crippen molar-refractivity contribution in [2.24, 2.45) is 0 Å². The summed E-state index contributed by atoms with van der Waals surface area (Å²) in [5.41, 5.74) is 1.86. The van der Waals surface area contributed by atoms with E-state index in [0.717, 1.165) is 11.0 Å². The van der Waals surface area contributed by atoms with Crippen LogP contribution in [0.15, 0.2) is 60.7 Å². The van der Waals surface area contributed by atoms with Gasteiger partial charge in [0.2, 0.25) is 0 Å². The first-order valence-corrected chi connectivity index (χ1v) is 6.18. The molecular formula is C15H15BO2. The molecule has 0 bridgehead atoms. The van der Waals surface area contributed by atoms with Crippen LogP contribution in [-0.2, 0) is 14.9 Å². The molecule has 2 aromatic carbocycles. The summed E-state index contributed by atoms with van der Waals surface area (Å²) in [5.74, 6) is 0. The fourth-order valence-electron chi connectivity index (χ4n) is 2.26. The molecule has 0 N–H and O–H groups in total. The number of benzene rings is 2. The second kappa shape index (κ2) is 4.60. The monoisotopic (exact) mass is 238 g/mol. The lowest BCUT2D eigenvalue weighted by Gasteiger charge is -2.23. The first-order valence-electron chi connectivity index (χ1n) is 6.18. The third kappa shape index (κ3) is 2.07. The van der Waals surface area contributed by atoms with Crippen molar-refractivity contribution in [1.29, 1.82) is 0 Å². The van der Waals surface area contributed by atoms with Crippen molar-refractivity contribution in [2.75, 3.05) is 6.61 Å². The molecule has 18 heavy (non-hydrogen) atoms. The van der Waals surface area contributed by atoms with Gasteiger partial charge in [0.15, 0.2) is 0 Å². The summed E-state index contributed by atoms with van der Waals surface area (Å²) in [4.78, 5) is 0. The Labute approximate surface area is 108 Å². The van der Waals surface area contributed by atoms with E-state index < -0.39 is 0 Å². The molecule has 0 amide bonds. The van der Waals surface area contributed by atoms with E-state index in [9.17, 15) is 0 Å². The van der Waals surface area contributed by atoms with Crippen LogP contribution < -0.4 is 5.46 Å². The first-order chi connectivity index (χ1) is 8.78. The molecule has 1 aliphatic heterocycles. The summed E-state index contributed by atoms with van der Waals surface area (Å²) in [6.45, 7) is 2.65. The molecule has 0 radical (unpaired) electrons. The van der Waals surface area contributed by atoms with Crippen LogP contribution in [-0.4, -0.2) is 13.7 Å². The third-order valence-corrected chi connectivity index (χ3v) is 3.33. The summed E-state index contributed by atoms with van der Waals surface area (Å²) in [6.07, 6.45) is 0. The van der Waals surface area contributed by atoms with Gasteiger partial charge in [-0.05, 0) is 17.9 Å². The zero-order chi connectivity index (χ0) is 12.4. The molecule has 0 aromatic heterocycles. The maximum absolute atomic E-state index is 6.10. The zero-order valence-corrected chi connectivity index (χ0v) is 10.4. The molecular weight excluding hydrogens is 223 g/mol. The average molecular weight is 238 g/mol. The highest BCUT2D eigenvalue weighted by Crippen LogP contribution is 2.31. The number of hydrogen-bond donors (Lipinski definition) is 0. The average Bonchev–Trinajstić information content (AvgIpc) is 2.85. The van der Waals surface area contributed by atoms with Gasteiger partial charge >= 0.3 is 7.12 Å². The third-order valence-electron chi connectivity index (χ3n) is 3.33. The minimum atomic E-state index is -0.359. The largest absolute Gasteiger partial charge is 0.494 e. The lowest BCUT2D eigenvalue weighted by molar-refractivity contribution is 0.114. The maximum atomic E-state index is 6.10. The summed E-state index contributed by atoms with van der Waals surface area (Å²) in [7, 11) is -0.267. The fraction of sp³-hybridized carbons (Fsp3) is 0.200. The second-order valence-corrected chi connectivity index (χ2v) is 4.77. The van der Waals surface area contributed by atoms with Gasteiger partial charge in [-0.3, -0.25) is 0 Å². The lowest BCUT2D eigenvalue weighted by atomic mass is 9.79. The van der Waals surface area contributed by atoms with Crippen molar-refractivity contribution < 1.29 is 9.31 Å². The van der Waals surface area contributed by atoms with E-state index >= 15 is 0 Å². The van der Waals surface area contributed by atoms with Crippen LogP contribution in [0.3, 0.4) is 0 Å². The Bertz CT molecular complexity index is 515. The maximum Gasteiger partial charge on any atom is 0.494 e. The standard InChI is InChI=1S/C15H15BO2/c1-15(13-8-4-2-5-9-13)12-17-16(18-15)14-10-6-3-7-11-14/h2-11H,12H2,1H3/t15-/m0/s1. The zero-order valence-electron chi connectivity index (χ0n) is 10.4. The van der Waals surface area contributed by atoms with E-state index in [0.29, 0.717) is 6.61 Å². The Hall–Kier alpha value is -1.58. The van der Waals surface area contributed by atoms with Gasteiger partial charge in [0.25, 0.3) is 0 Å². The highest BCUT2D eigenvalue weighted by molar-refractivity contribution is 6.61. The van der Waals surface area contributed by atoms with Crippen molar-refractivity contribution >= 4 is 12.6 Å². The van der Waals surface area contributed by atoms with Gasteiger partial charge in [-0.1, -0.05) is 60.7 Å². The number of hydrogen-bond acceptors (Lipinski definition) is 2. The van der Waals surface area contributed by atoms with E-state index in [4.69, 9.17) is 9.31 Å². The van der Waals surface area contributed by atoms with Gasteiger partial charge in [-0.2, -0.15) is 0 Å². The molecule has 3 heteroatoms. The Morgan fingerprint density at radius 1 is 0.944 bits per heavy atom. The molecule has 2 aromatic rings. The molecule has 0 saturated carbocycles. The van der Waals surface area contributed by atoms with Gasteiger partial charge < -0.3 is 9.31 Å². The van der Waals surface area contributed by atoms with Crippen LogP contribution in [0.4, 0.5) is 0 Å². The van der Waals surface area contributed by atoms with Crippen LogP contribution in [0.2, 0.25) is 0 Å². The van der Waals surface area contributed by atoms with Gasteiger partial charge in [-0.25, -0.2) is 0 Å². The van der Waals surface area contributed by atoms with E-state index in [1.807, 2.05) is 48.5 Å². The molecule has 1 atom stereocenters. The highest BCUT2D eigenvalue weighted by Gasteiger charge is 2.42. The minimum absolute atomic E-state index is 0.267. The molecule has 1 aliphatic rings. The quantitative estimate of drug-likeness (QED) is 0.747. The minimum Gasteiger partial charge on any atom is -0.404 e. The summed E-state index contributed by atoms with van der Waals surface area (Å²) >= 11 is 0. The van der Waals surface area contributed by atoms with Crippen molar-refractivity contribution in [2.45, 2.75) is 12.5 Å². The lowest BCUT2D eigenvalue weighted by Crippen LogP contribution is -2.34. The molecule has 0 unspecified atom stereocenters. The van der Waals surface area contributed by atoms with E-state index in [1.165, 1.54) is 0 Å². The van der Waals surface area contributed by atoms with Crippen LogP contribution in [0.1, 0.15) is 12.5 Å². The Kier molecular flexibility index (Phi) is 2.94. The summed E-state index contributed by atoms with van der Waals surface area (Å²) in [5, 5.41) is 0. The predicted octanol–water partition coefficient (Wildman–Crippen LogP) is 2.34. The van der Waals surface area contributed by atoms with Crippen LogP contribution in [0.5, 0.6) is 0 Å². The fourth-order valence-corrected chi connectivity index (χ4v) is 2.26. The second-order valence-electron chi connectivity index (χ2n) is 4.77. The van der Waals surface area contributed by atoms with E-state index in [-0.39, 0.29) is 12.7 Å². The molecule has 2 nitrogen and oxygen atoms in total. The Morgan fingerprint density at radius 2 is 1.56 bits per heavy atom. The molecule has 90 valence electrons. The van der Waals surface area contributed by atoms with Gasteiger partial charge in [-0.15, -0.1) is 0 Å². The summed E-state index contributed by atoms with van der Waals surface area (Å²) < 4.78 is 11.9. The topological polar surface area (TPSA) is 18.5 Å². The van der Waals surface area contributed by atoms with Gasteiger partial charge in [0.1, 0.15) is 0 Å². The van der Waals surface area contributed by atoms with Crippen molar-refractivity contribution in [3.8, 4) is 0 Å². The Balaban J connectivity index is 1.83. The molecule has 0 spiro atoms. The normalized spacial score (nSPS) is 23.3. The van der Waals surface area contributed by atoms with E-state index in [1.54, 1.807) is 0 Å². The Morgan fingerprint density at radius 3 is 2.22 bits per heavy atom. The first kappa shape index (κ1) is 11.5. The molecule has 1 saturated heterocycles. The molecule has 1 fully saturated rings. The SMILES string of the molecule is C[C@@]1(c2ccccc2)COB(c2ccccc2)O1. The van der Waals surface area contributed by atoms with E-state index in [2.05, 4.69) is 19.1 Å². The van der Waals surface area contributed by atoms with Gasteiger partial charge in [0, 0.05) is 0 Å². The van der Waals surface area contributed by atoms with Crippen molar-refractivity contribution in [3.63, 3.8) is 0 Å². The molecule has 3 rings (SSSR count). The summed E-state index contributed by atoms with van der Waals surface area (Å²) in [6, 6.07) is 20.3. The van der Waals surface area contributed by atoms with Crippen molar-refractivity contribution in [3.05, 3.63) is 66.2 Å².